The number of para-hydroxylation sites is 1. The average molecular weight is 785 g/mol. The summed E-state index contributed by atoms with van der Waals surface area (Å²) in [5.74, 6) is -3.07. The van der Waals surface area contributed by atoms with Gasteiger partial charge in [-0.1, -0.05) is 55.3 Å². The maximum absolute atomic E-state index is 15.5. The first-order chi connectivity index (χ1) is 26.8. The minimum Gasteiger partial charge on any atom is -0.472 e. The number of fused-ring (bicyclic) bond motifs is 5. The van der Waals surface area contributed by atoms with Gasteiger partial charge in [0.25, 0.3) is 5.91 Å². The number of ketones is 1. The number of carbonyl (C=O) groups excluding carboxylic acids is 4. The van der Waals surface area contributed by atoms with Crippen molar-refractivity contribution in [3.8, 4) is 5.88 Å². The number of rotatable bonds is 7. The van der Waals surface area contributed by atoms with E-state index in [-0.39, 0.29) is 48.7 Å². The predicted molar refractivity (Wildman–Crippen MR) is 205 cm³/mol. The van der Waals surface area contributed by atoms with Crippen LogP contribution in [0.5, 0.6) is 5.88 Å². The number of nitrogens with one attached hydrogen (secondary N) is 2. The number of Topliss-reactive ketones (excluding diaryl/α,β-unsaturated/α-hetero) is 1. The minimum absolute atomic E-state index is 0.00447. The molecule has 2 aromatic carbocycles. The second kappa shape index (κ2) is 14.4. The molecule has 2 saturated carbocycles. The summed E-state index contributed by atoms with van der Waals surface area (Å²) >= 11 is 0. The van der Waals surface area contributed by atoms with Gasteiger partial charge in [-0.05, 0) is 75.0 Å². The lowest BCUT2D eigenvalue weighted by Gasteiger charge is -2.29. The van der Waals surface area contributed by atoms with E-state index in [1.807, 2.05) is 30.4 Å². The van der Waals surface area contributed by atoms with E-state index in [1.165, 1.54) is 15.6 Å². The Balaban J connectivity index is 1.14. The number of aryl methyl sites for hydroxylation is 1. The Kier molecular flexibility index (Phi) is 9.70. The molecule has 0 unspecified atom stereocenters. The van der Waals surface area contributed by atoms with Gasteiger partial charge in [-0.2, -0.15) is 5.10 Å². The summed E-state index contributed by atoms with van der Waals surface area (Å²) in [5, 5.41) is 8.55. The number of halogens is 1. The van der Waals surface area contributed by atoms with Gasteiger partial charge >= 0.3 is 0 Å². The van der Waals surface area contributed by atoms with Gasteiger partial charge in [0, 0.05) is 31.5 Å². The van der Waals surface area contributed by atoms with Crippen molar-refractivity contribution >= 4 is 55.2 Å². The first-order valence-corrected chi connectivity index (χ1v) is 20.8. The van der Waals surface area contributed by atoms with Crippen molar-refractivity contribution in [1.82, 2.24) is 29.7 Å². The predicted octanol–water partition coefficient (Wildman–Crippen LogP) is 4.89. The smallest absolute Gasteiger partial charge is 0.272 e. The van der Waals surface area contributed by atoms with Crippen LogP contribution in [0.25, 0.3) is 21.7 Å². The number of hydrogen-bond donors (Lipinski definition) is 2. The van der Waals surface area contributed by atoms with Gasteiger partial charge < -0.3 is 15.0 Å². The Morgan fingerprint density at radius 1 is 1.02 bits per heavy atom. The standard InChI is InChI=1S/C41H45FN6O7S/c1-40(18-19-40)56(53,54)46-39(52)41-22-25(41)11-6-4-3-5-7-16-32(43-36(50)31-17-20-47(2)45-31)38(51)48-24-26(21-33(48)34(49)23-41)55-37-35-28(13-10-14-29(35)42)27-12-8-9-15-30(27)44-37/h6,8-15,17,20,25-26,32-33H,3-5,7,16,18-19,21-24H2,1-2H3,(H,43,50)(H,46,52)/b11-6-/t25-,26-,32+,33+,41-/m1/s1. The number of amides is 3. The van der Waals surface area contributed by atoms with Crippen LogP contribution in [-0.4, -0.2) is 81.1 Å². The molecule has 4 heterocycles. The number of sulfonamides is 1. The summed E-state index contributed by atoms with van der Waals surface area (Å²) in [7, 11) is -2.30. The first-order valence-electron chi connectivity index (χ1n) is 19.3. The topological polar surface area (TPSA) is 170 Å². The number of hydrogen-bond acceptors (Lipinski definition) is 9. The fraction of sp³-hybridized carbons (Fsp3) is 0.463. The van der Waals surface area contributed by atoms with Crippen LogP contribution < -0.4 is 14.8 Å². The van der Waals surface area contributed by atoms with Gasteiger partial charge in [-0.15, -0.1) is 0 Å². The molecule has 1 saturated heterocycles. The molecule has 4 aromatic rings. The van der Waals surface area contributed by atoms with Crippen molar-refractivity contribution in [2.45, 2.75) is 94.1 Å². The molecule has 8 rings (SSSR count). The van der Waals surface area contributed by atoms with Crippen molar-refractivity contribution in [3.63, 3.8) is 0 Å². The number of benzene rings is 2. The second-order valence-corrected chi connectivity index (χ2v) is 18.2. The fourth-order valence-corrected chi connectivity index (χ4v) is 9.56. The van der Waals surface area contributed by atoms with Crippen LogP contribution in [0.3, 0.4) is 0 Å². The molecular formula is C41H45FN6O7S. The Labute approximate surface area is 324 Å². The zero-order chi connectivity index (χ0) is 39.4. The molecule has 56 heavy (non-hydrogen) atoms. The molecule has 4 aliphatic rings. The van der Waals surface area contributed by atoms with Crippen molar-refractivity contribution < 1.29 is 36.7 Å². The van der Waals surface area contributed by atoms with Gasteiger partial charge in [0.15, 0.2) is 5.78 Å². The van der Waals surface area contributed by atoms with Crippen LogP contribution in [-0.2, 0) is 31.5 Å². The Hall–Kier alpha value is -5.18. The molecule has 2 aliphatic carbocycles. The van der Waals surface area contributed by atoms with Crippen LogP contribution in [0, 0.1) is 17.2 Å². The highest BCUT2D eigenvalue weighted by Crippen LogP contribution is 2.57. The minimum atomic E-state index is -3.98. The highest BCUT2D eigenvalue weighted by atomic mass is 32.2. The molecule has 3 fully saturated rings. The van der Waals surface area contributed by atoms with Gasteiger partial charge in [-0.3, -0.25) is 28.6 Å². The number of nitrogens with zero attached hydrogens (tertiary/aromatic N) is 4. The summed E-state index contributed by atoms with van der Waals surface area (Å²) in [5.41, 5.74) is -0.602. The average Bonchev–Trinajstić information content (AvgIpc) is 3.97. The molecule has 5 atom stereocenters. The van der Waals surface area contributed by atoms with E-state index in [1.54, 1.807) is 44.4 Å². The number of pyridine rings is 1. The molecule has 3 amide bonds. The Morgan fingerprint density at radius 2 is 1.80 bits per heavy atom. The molecule has 2 aliphatic heterocycles. The quantitative estimate of drug-likeness (QED) is 0.196. The molecule has 2 aromatic heterocycles. The fourth-order valence-electron chi connectivity index (χ4n) is 8.23. The molecule has 0 spiro atoms. The van der Waals surface area contributed by atoms with Crippen LogP contribution in [0.4, 0.5) is 4.39 Å². The second-order valence-electron chi connectivity index (χ2n) is 16.0. The normalized spacial score (nSPS) is 27.1. The number of allylic oxidation sites excluding steroid dienone is 2. The number of carbonyl (C=O) groups is 4. The van der Waals surface area contributed by atoms with E-state index in [4.69, 9.17) is 4.74 Å². The molecule has 15 heteroatoms. The molecule has 13 nitrogen and oxygen atoms in total. The van der Waals surface area contributed by atoms with Gasteiger partial charge in [-0.25, -0.2) is 17.8 Å². The van der Waals surface area contributed by atoms with E-state index in [0.717, 1.165) is 18.2 Å². The van der Waals surface area contributed by atoms with E-state index in [2.05, 4.69) is 20.1 Å². The maximum atomic E-state index is 15.5. The third-order valence-corrected chi connectivity index (χ3v) is 14.2. The van der Waals surface area contributed by atoms with E-state index in [9.17, 15) is 27.6 Å². The molecule has 294 valence electrons. The first kappa shape index (κ1) is 37.7. The summed E-state index contributed by atoms with van der Waals surface area (Å²) in [6, 6.07) is 11.5. The maximum Gasteiger partial charge on any atom is 0.272 e. The van der Waals surface area contributed by atoms with E-state index >= 15 is 4.39 Å². The number of ether oxygens (including phenoxy) is 1. The van der Waals surface area contributed by atoms with Crippen molar-refractivity contribution in [2.24, 2.45) is 18.4 Å². The Morgan fingerprint density at radius 3 is 2.57 bits per heavy atom. The Bertz CT molecular complexity index is 2390. The van der Waals surface area contributed by atoms with Crippen LogP contribution >= 0.6 is 0 Å². The van der Waals surface area contributed by atoms with Gasteiger partial charge in [0.1, 0.15) is 23.7 Å². The van der Waals surface area contributed by atoms with Crippen LogP contribution in [0.1, 0.15) is 81.6 Å². The monoisotopic (exact) mass is 784 g/mol. The molecule has 0 radical (unpaired) electrons. The largest absolute Gasteiger partial charge is 0.472 e. The van der Waals surface area contributed by atoms with Gasteiger partial charge in [0.05, 0.1) is 33.7 Å². The van der Waals surface area contributed by atoms with Crippen LogP contribution in [0.15, 0.2) is 66.9 Å². The van der Waals surface area contributed by atoms with E-state index < -0.39 is 67.7 Å². The molecular weight excluding hydrogens is 740 g/mol. The lowest BCUT2D eigenvalue weighted by molar-refractivity contribution is -0.140. The van der Waals surface area contributed by atoms with Crippen LogP contribution in [0.2, 0.25) is 0 Å². The SMILES string of the molecule is Cn1ccc(C(=O)N[C@H]2CCCCC/C=C\[C@@H]3C[C@@]3(C(=O)NS(=O)(=O)C3(C)CC3)CC(=O)[C@@H]3C[C@@H](Oc4nc5ccccc5c5cccc(F)c45)CN3C2=O)n1. The lowest BCUT2D eigenvalue weighted by Crippen LogP contribution is -2.52. The zero-order valence-corrected chi connectivity index (χ0v) is 32.2. The van der Waals surface area contributed by atoms with Crippen molar-refractivity contribution in [1.29, 1.82) is 0 Å². The van der Waals surface area contributed by atoms with Crippen molar-refractivity contribution in [3.05, 3.63) is 78.4 Å². The zero-order valence-electron chi connectivity index (χ0n) is 31.4. The lowest BCUT2D eigenvalue weighted by atomic mass is 9.91. The molecule has 2 N–H and O–H groups in total. The number of aromatic nitrogens is 3. The molecule has 0 bridgehead atoms. The summed E-state index contributed by atoms with van der Waals surface area (Å²) < 4.78 is 51.2. The summed E-state index contributed by atoms with van der Waals surface area (Å²) in [6.07, 6.45) is 8.69. The van der Waals surface area contributed by atoms with E-state index in [0.29, 0.717) is 43.0 Å². The highest BCUT2D eigenvalue weighted by molar-refractivity contribution is 7.91. The highest BCUT2D eigenvalue weighted by Gasteiger charge is 2.62. The van der Waals surface area contributed by atoms with Crippen molar-refractivity contribution in [2.75, 3.05) is 6.54 Å². The third kappa shape index (κ3) is 7.05. The summed E-state index contributed by atoms with van der Waals surface area (Å²) in [6.45, 7) is 1.52. The summed E-state index contributed by atoms with van der Waals surface area (Å²) in [4.78, 5) is 62.7. The third-order valence-electron chi connectivity index (χ3n) is 12.0. The van der Waals surface area contributed by atoms with Gasteiger partial charge in [0.2, 0.25) is 27.7 Å².